The van der Waals surface area contributed by atoms with Crippen molar-refractivity contribution in [2.75, 3.05) is 0 Å². The molecule has 0 aliphatic heterocycles. The monoisotopic (exact) mass is 290 g/mol. The third kappa shape index (κ3) is 3.95. The number of halogens is 1. The molecule has 3 nitrogen and oxygen atoms in total. The van der Waals surface area contributed by atoms with Crippen LogP contribution in [0.4, 0.5) is 0 Å². The van der Waals surface area contributed by atoms with Crippen molar-refractivity contribution in [2.45, 2.75) is 33.4 Å². The molecule has 0 aliphatic rings. The highest BCUT2D eigenvalue weighted by Crippen LogP contribution is 2.29. The fraction of sp³-hybridized carbons (Fsp3) is 0.312. The first-order valence-electron chi connectivity index (χ1n) is 6.67. The molecular weight excluding hydrogens is 272 g/mol. The summed E-state index contributed by atoms with van der Waals surface area (Å²) in [6, 6.07) is 9.84. The van der Waals surface area contributed by atoms with Gasteiger partial charge in [-0.15, -0.1) is 0 Å². The molecule has 1 aromatic heterocycles. The fourth-order valence-electron chi connectivity index (χ4n) is 1.80. The minimum absolute atomic E-state index is 0.405. The first-order chi connectivity index (χ1) is 9.56. The summed E-state index contributed by atoms with van der Waals surface area (Å²) in [6.45, 7) is 6.86. The number of hydrogen-bond donors (Lipinski definition) is 1. The van der Waals surface area contributed by atoms with Crippen LogP contribution in [0.15, 0.2) is 36.5 Å². The molecule has 0 saturated carbocycles. The van der Waals surface area contributed by atoms with Crippen LogP contribution in [0.3, 0.4) is 0 Å². The molecule has 0 atom stereocenters. The maximum atomic E-state index is 6.07. The Morgan fingerprint density at radius 3 is 2.75 bits per heavy atom. The number of ether oxygens (including phenoxy) is 1. The molecule has 1 heterocycles. The van der Waals surface area contributed by atoms with E-state index in [0.29, 0.717) is 17.6 Å². The summed E-state index contributed by atoms with van der Waals surface area (Å²) in [6.07, 6.45) is 1.76. The summed E-state index contributed by atoms with van der Waals surface area (Å²) in [5.41, 5.74) is 1.90. The normalized spacial score (nSPS) is 10.8. The van der Waals surface area contributed by atoms with Gasteiger partial charge in [0.1, 0.15) is 11.5 Å². The lowest BCUT2D eigenvalue weighted by atomic mass is 10.2. The third-order valence-electron chi connectivity index (χ3n) is 2.90. The van der Waals surface area contributed by atoms with Crippen LogP contribution in [0, 0.1) is 6.92 Å². The second kappa shape index (κ2) is 6.73. The summed E-state index contributed by atoms with van der Waals surface area (Å²) in [4.78, 5) is 4.23. The van der Waals surface area contributed by atoms with Gasteiger partial charge in [-0.2, -0.15) is 0 Å². The van der Waals surface area contributed by atoms with E-state index in [9.17, 15) is 0 Å². The summed E-state index contributed by atoms with van der Waals surface area (Å²) >= 11 is 6.07. The average Bonchev–Trinajstić information content (AvgIpc) is 2.41. The quantitative estimate of drug-likeness (QED) is 0.890. The molecule has 0 amide bonds. The SMILES string of the molecule is Cc1ncccc1Oc1ccc(Cl)cc1CNC(C)C. The van der Waals surface area contributed by atoms with E-state index < -0.39 is 0 Å². The molecule has 4 heteroatoms. The first-order valence-corrected chi connectivity index (χ1v) is 7.05. The second-order valence-corrected chi connectivity index (χ2v) is 5.41. The minimum Gasteiger partial charge on any atom is -0.455 e. The zero-order valence-corrected chi connectivity index (χ0v) is 12.7. The Bertz CT molecular complexity index is 584. The number of aromatic nitrogens is 1. The van der Waals surface area contributed by atoms with E-state index in [1.807, 2.05) is 37.3 Å². The lowest BCUT2D eigenvalue weighted by molar-refractivity contribution is 0.463. The van der Waals surface area contributed by atoms with Gasteiger partial charge in [0.25, 0.3) is 0 Å². The predicted octanol–water partition coefficient (Wildman–Crippen LogP) is 4.33. The molecule has 2 rings (SSSR count). The molecule has 1 aromatic carbocycles. The molecule has 1 N–H and O–H groups in total. The van der Waals surface area contributed by atoms with Gasteiger partial charge in [-0.1, -0.05) is 25.4 Å². The van der Waals surface area contributed by atoms with E-state index in [2.05, 4.69) is 24.1 Å². The van der Waals surface area contributed by atoms with Crippen molar-refractivity contribution < 1.29 is 4.74 Å². The summed E-state index contributed by atoms with van der Waals surface area (Å²) < 4.78 is 5.97. The van der Waals surface area contributed by atoms with Crippen LogP contribution in [0.5, 0.6) is 11.5 Å². The third-order valence-corrected chi connectivity index (χ3v) is 3.14. The largest absolute Gasteiger partial charge is 0.455 e. The Kier molecular flexibility index (Phi) is 4.99. The van der Waals surface area contributed by atoms with Crippen molar-refractivity contribution in [2.24, 2.45) is 0 Å². The summed E-state index contributed by atoms with van der Waals surface area (Å²) in [7, 11) is 0. The first kappa shape index (κ1) is 14.8. The van der Waals surface area contributed by atoms with E-state index in [1.165, 1.54) is 0 Å². The van der Waals surface area contributed by atoms with Gasteiger partial charge in [0.15, 0.2) is 0 Å². The van der Waals surface area contributed by atoms with Gasteiger partial charge in [-0.25, -0.2) is 0 Å². The Balaban J connectivity index is 2.24. The van der Waals surface area contributed by atoms with Gasteiger partial charge in [0.05, 0.1) is 5.69 Å². The van der Waals surface area contributed by atoms with Gasteiger partial charge in [0.2, 0.25) is 0 Å². The van der Waals surface area contributed by atoms with Crippen molar-refractivity contribution in [3.05, 3.63) is 52.8 Å². The highest BCUT2D eigenvalue weighted by atomic mass is 35.5. The Morgan fingerprint density at radius 1 is 1.25 bits per heavy atom. The number of aryl methyl sites for hydroxylation is 1. The van der Waals surface area contributed by atoms with Crippen molar-refractivity contribution in [3.8, 4) is 11.5 Å². The predicted molar refractivity (Wildman–Crippen MR) is 82.5 cm³/mol. The van der Waals surface area contributed by atoms with Crippen molar-refractivity contribution in [1.29, 1.82) is 0 Å². The van der Waals surface area contributed by atoms with Crippen molar-refractivity contribution >= 4 is 11.6 Å². The number of hydrogen-bond acceptors (Lipinski definition) is 3. The van der Waals surface area contributed by atoms with Crippen molar-refractivity contribution in [3.63, 3.8) is 0 Å². The van der Waals surface area contributed by atoms with Crippen LogP contribution in [0.2, 0.25) is 5.02 Å². The molecular formula is C16H19ClN2O. The Labute approximate surface area is 124 Å². The molecule has 2 aromatic rings. The maximum Gasteiger partial charge on any atom is 0.148 e. The average molecular weight is 291 g/mol. The van der Waals surface area contributed by atoms with E-state index >= 15 is 0 Å². The van der Waals surface area contributed by atoms with Gasteiger partial charge < -0.3 is 10.1 Å². The molecule has 0 aliphatic carbocycles. The molecule has 0 spiro atoms. The molecule has 0 saturated heterocycles. The van der Waals surface area contributed by atoms with Crippen LogP contribution in [-0.2, 0) is 6.54 Å². The van der Waals surface area contributed by atoms with E-state index in [-0.39, 0.29) is 0 Å². The highest BCUT2D eigenvalue weighted by Gasteiger charge is 2.08. The molecule has 20 heavy (non-hydrogen) atoms. The Hall–Kier alpha value is -1.58. The number of nitrogens with one attached hydrogen (secondary N) is 1. The standard InChI is InChI=1S/C16H19ClN2O/c1-11(2)19-10-13-9-14(17)6-7-16(13)20-15-5-4-8-18-12(15)3/h4-9,11,19H,10H2,1-3H3. The smallest absolute Gasteiger partial charge is 0.148 e. The molecule has 0 radical (unpaired) electrons. The van der Waals surface area contributed by atoms with Gasteiger partial charge >= 0.3 is 0 Å². The van der Waals surface area contributed by atoms with Crippen LogP contribution in [0.1, 0.15) is 25.1 Å². The second-order valence-electron chi connectivity index (χ2n) is 4.98. The number of benzene rings is 1. The number of rotatable bonds is 5. The zero-order valence-electron chi connectivity index (χ0n) is 12.0. The van der Waals surface area contributed by atoms with Gasteiger partial charge in [-0.05, 0) is 37.3 Å². The van der Waals surface area contributed by atoms with Crippen molar-refractivity contribution in [1.82, 2.24) is 10.3 Å². The summed E-state index contributed by atoms with van der Waals surface area (Å²) in [5.74, 6) is 1.57. The summed E-state index contributed by atoms with van der Waals surface area (Å²) in [5, 5.41) is 4.08. The number of pyridine rings is 1. The molecule has 0 fully saturated rings. The van der Waals surface area contributed by atoms with Crippen LogP contribution < -0.4 is 10.1 Å². The van der Waals surface area contributed by atoms with Crippen LogP contribution in [-0.4, -0.2) is 11.0 Å². The molecule has 0 bridgehead atoms. The zero-order chi connectivity index (χ0) is 14.5. The fourth-order valence-corrected chi connectivity index (χ4v) is 1.99. The lowest BCUT2D eigenvalue weighted by Crippen LogP contribution is -2.22. The van der Waals surface area contributed by atoms with Crippen LogP contribution in [0.25, 0.3) is 0 Å². The highest BCUT2D eigenvalue weighted by molar-refractivity contribution is 6.30. The Morgan fingerprint density at radius 2 is 2.05 bits per heavy atom. The van der Waals surface area contributed by atoms with E-state index in [0.717, 1.165) is 22.8 Å². The maximum absolute atomic E-state index is 6.07. The van der Waals surface area contributed by atoms with Gasteiger partial charge in [0, 0.05) is 29.4 Å². The molecule has 106 valence electrons. The van der Waals surface area contributed by atoms with E-state index in [1.54, 1.807) is 6.20 Å². The number of nitrogens with zero attached hydrogens (tertiary/aromatic N) is 1. The topological polar surface area (TPSA) is 34.1 Å². The van der Waals surface area contributed by atoms with Gasteiger partial charge in [-0.3, -0.25) is 4.98 Å². The van der Waals surface area contributed by atoms with Crippen LogP contribution >= 0.6 is 11.6 Å². The molecule has 0 unspecified atom stereocenters. The minimum atomic E-state index is 0.405. The van der Waals surface area contributed by atoms with E-state index in [4.69, 9.17) is 16.3 Å². The lowest BCUT2D eigenvalue weighted by Gasteiger charge is -2.14.